The van der Waals surface area contributed by atoms with E-state index in [0.29, 0.717) is 18.9 Å². The van der Waals surface area contributed by atoms with E-state index in [1.807, 2.05) is 12.3 Å². The molecule has 25 heavy (non-hydrogen) atoms. The first kappa shape index (κ1) is 18.2. The number of unbranched alkanes of at least 4 members (excludes halogenated alkanes) is 7. The van der Waals surface area contributed by atoms with E-state index in [-0.39, 0.29) is 11.7 Å². The molecule has 0 N–H and O–H groups in total. The molecule has 0 bridgehead atoms. The Balaban J connectivity index is 1.50. The number of aromatic nitrogens is 2. The monoisotopic (exact) mass is 346 g/mol. The van der Waals surface area contributed by atoms with Crippen LogP contribution in [-0.4, -0.2) is 22.8 Å². The lowest BCUT2D eigenvalue weighted by atomic mass is 10.1. The summed E-state index contributed by atoms with van der Waals surface area (Å²) in [6.45, 7) is 3.56. The summed E-state index contributed by atoms with van der Waals surface area (Å²) in [5, 5.41) is 0.918. The van der Waals surface area contributed by atoms with Crippen LogP contribution in [0.15, 0.2) is 21.5 Å². The molecule has 0 aliphatic carbocycles. The minimum absolute atomic E-state index is 0.107. The molecule has 0 aromatic carbocycles. The van der Waals surface area contributed by atoms with E-state index in [9.17, 15) is 4.79 Å². The summed E-state index contributed by atoms with van der Waals surface area (Å²) in [5.41, 5.74) is 0.228. The number of hydrogen-bond donors (Lipinski definition) is 0. The summed E-state index contributed by atoms with van der Waals surface area (Å²) < 4.78 is 12.8. The fourth-order valence-corrected chi connectivity index (χ4v) is 3.54. The Kier molecular flexibility index (Phi) is 6.68. The van der Waals surface area contributed by atoms with Crippen molar-refractivity contribution in [2.75, 3.05) is 13.2 Å². The van der Waals surface area contributed by atoms with Crippen LogP contribution in [0.4, 0.5) is 0 Å². The van der Waals surface area contributed by atoms with Crippen LogP contribution in [0.1, 0.15) is 76.5 Å². The van der Waals surface area contributed by atoms with Crippen LogP contribution in [0, 0.1) is 0 Å². The van der Waals surface area contributed by atoms with Crippen LogP contribution in [0.2, 0.25) is 0 Å². The Morgan fingerprint density at radius 1 is 1.16 bits per heavy atom. The van der Waals surface area contributed by atoms with Crippen LogP contribution < -0.4 is 5.69 Å². The fraction of sp³-hybridized carbons (Fsp3) is 0.700. The molecule has 0 spiro atoms. The minimum Gasteiger partial charge on any atom is -0.443 e. The Hall–Kier alpha value is -1.62. The van der Waals surface area contributed by atoms with Crippen LogP contribution in [0.3, 0.4) is 0 Å². The van der Waals surface area contributed by atoms with Crippen molar-refractivity contribution in [2.45, 2.75) is 77.2 Å². The fourth-order valence-electron chi connectivity index (χ4n) is 3.54. The average molecular weight is 346 g/mol. The molecule has 0 radical (unpaired) electrons. The lowest BCUT2D eigenvalue weighted by Crippen LogP contribution is -2.26. The molecule has 1 aliphatic heterocycles. The molecule has 138 valence electrons. The topological polar surface area (TPSA) is 57.3 Å². The van der Waals surface area contributed by atoms with E-state index in [1.165, 1.54) is 44.9 Å². The Morgan fingerprint density at radius 3 is 2.64 bits per heavy atom. The van der Waals surface area contributed by atoms with Gasteiger partial charge < -0.3 is 9.15 Å². The molecule has 2 aromatic rings. The molecular formula is C20H30N2O3. The first-order chi connectivity index (χ1) is 12.3. The van der Waals surface area contributed by atoms with Gasteiger partial charge in [-0.05, 0) is 18.9 Å². The smallest absolute Gasteiger partial charge is 0.351 e. The largest absolute Gasteiger partial charge is 0.443 e. The van der Waals surface area contributed by atoms with Gasteiger partial charge in [-0.25, -0.2) is 4.79 Å². The molecular weight excluding hydrogens is 316 g/mol. The van der Waals surface area contributed by atoms with Crippen molar-refractivity contribution in [3.63, 3.8) is 0 Å². The van der Waals surface area contributed by atoms with Crippen LogP contribution >= 0.6 is 0 Å². The van der Waals surface area contributed by atoms with Gasteiger partial charge in [-0.1, -0.05) is 51.9 Å². The second kappa shape index (κ2) is 9.18. The zero-order valence-corrected chi connectivity index (χ0v) is 15.3. The molecule has 0 saturated carbocycles. The van der Waals surface area contributed by atoms with Crippen molar-refractivity contribution in [1.29, 1.82) is 0 Å². The molecule has 2 aromatic heterocycles. The highest BCUT2D eigenvalue weighted by molar-refractivity contribution is 5.72. The van der Waals surface area contributed by atoms with Gasteiger partial charge >= 0.3 is 5.69 Å². The van der Waals surface area contributed by atoms with Gasteiger partial charge in [0.2, 0.25) is 5.71 Å². The van der Waals surface area contributed by atoms with E-state index < -0.39 is 0 Å². The lowest BCUT2D eigenvalue weighted by Gasteiger charge is -2.10. The summed E-state index contributed by atoms with van der Waals surface area (Å²) in [6.07, 6.45) is 14.1. The molecule has 1 atom stereocenters. The van der Waals surface area contributed by atoms with Crippen molar-refractivity contribution in [3.8, 4) is 0 Å². The first-order valence-electron chi connectivity index (χ1n) is 9.87. The van der Waals surface area contributed by atoms with Gasteiger partial charge in [-0.2, -0.15) is 4.98 Å². The van der Waals surface area contributed by atoms with E-state index in [1.54, 1.807) is 4.57 Å². The van der Waals surface area contributed by atoms with Crippen molar-refractivity contribution in [3.05, 3.63) is 28.5 Å². The maximum absolute atomic E-state index is 12.2. The summed E-state index contributed by atoms with van der Waals surface area (Å²) in [6, 6.07) is 2.14. The third-order valence-corrected chi connectivity index (χ3v) is 5.06. The second-order valence-corrected chi connectivity index (χ2v) is 7.15. The molecule has 0 amide bonds. The number of hydrogen-bond acceptors (Lipinski definition) is 4. The zero-order valence-electron chi connectivity index (χ0n) is 15.3. The van der Waals surface area contributed by atoms with Crippen LogP contribution in [-0.2, 0) is 11.2 Å². The number of fused-ring (bicyclic) bond motifs is 1. The van der Waals surface area contributed by atoms with Gasteiger partial charge in [0.05, 0.1) is 18.0 Å². The number of nitrogens with zero attached hydrogens (tertiary/aromatic N) is 2. The van der Waals surface area contributed by atoms with Gasteiger partial charge in [-0.3, -0.25) is 4.57 Å². The average Bonchev–Trinajstić information content (AvgIpc) is 3.25. The maximum atomic E-state index is 12.2. The lowest BCUT2D eigenvalue weighted by molar-refractivity contribution is 0.186. The van der Waals surface area contributed by atoms with Gasteiger partial charge in [0.1, 0.15) is 5.76 Å². The van der Waals surface area contributed by atoms with Crippen LogP contribution in [0.25, 0.3) is 11.1 Å². The quantitative estimate of drug-likeness (QED) is 0.588. The minimum atomic E-state index is -0.240. The summed E-state index contributed by atoms with van der Waals surface area (Å²) in [5.74, 6) is 0.938. The summed E-state index contributed by atoms with van der Waals surface area (Å²) in [7, 11) is 0. The second-order valence-electron chi connectivity index (χ2n) is 7.15. The maximum Gasteiger partial charge on any atom is 0.351 e. The highest BCUT2D eigenvalue weighted by Gasteiger charge is 2.20. The van der Waals surface area contributed by atoms with Gasteiger partial charge in [0.15, 0.2) is 0 Å². The van der Waals surface area contributed by atoms with E-state index in [0.717, 1.165) is 30.4 Å². The highest BCUT2D eigenvalue weighted by atomic mass is 16.5. The Labute approximate surface area is 149 Å². The molecule has 1 unspecified atom stereocenters. The SMILES string of the molecule is CCCCCCCCCCc1cc2cn(C3CCOC3)c(=O)nc2o1. The van der Waals surface area contributed by atoms with Gasteiger partial charge in [0.25, 0.3) is 0 Å². The van der Waals surface area contributed by atoms with Crippen molar-refractivity contribution in [2.24, 2.45) is 0 Å². The van der Waals surface area contributed by atoms with Crippen molar-refractivity contribution in [1.82, 2.24) is 9.55 Å². The van der Waals surface area contributed by atoms with Crippen molar-refractivity contribution < 1.29 is 9.15 Å². The number of ether oxygens (including phenoxy) is 1. The third kappa shape index (κ3) is 4.94. The number of rotatable bonds is 10. The first-order valence-corrected chi connectivity index (χ1v) is 9.87. The van der Waals surface area contributed by atoms with Crippen LogP contribution in [0.5, 0.6) is 0 Å². The normalized spacial score (nSPS) is 17.6. The molecule has 1 aliphatic rings. The molecule has 3 heterocycles. The van der Waals surface area contributed by atoms with E-state index in [4.69, 9.17) is 9.15 Å². The summed E-state index contributed by atoms with van der Waals surface area (Å²) in [4.78, 5) is 16.3. The predicted octanol–water partition coefficient (Wildman–Crippen LogP) is 4.63. The van der Waals surface area contributed by atoms with Gasteiger partial charge in [-0.15, -0.1) is 0 Å². The van der Waals surface area contributed by atoms with E-state index in [2.05, 4.69) is 11.9 Å². The van der Waals surface area contributed by atoms with E-state index >= 15 is 0 Å². The Morgan fingerprint density at radius 2 is 1.92 bits per heavy atom. The molecule has 1 saturated heterocycles. The standard InChI is InChI=1S/C20H30N2O3/c1-2-3-4-5-6-7-8-9-10-18-13-16-14-22(17-11-12-24-15-17)20(23)21-19(16)25-18/h13-14,17H,2-12,15H2,1H3. The molecule has 1 fully saturated rings. The zero-order chi connectivity index (χ0) is 17.5. The molecule has 5 heteroatoms. The molecule has 3 rings (SSSR count). The predicted molar refractivity (Wildman–Crippen MR) is 99.1 cm³/mol. The highest BCUT2D eigenvalue weighted by Crippen LogP contribution is 2.22. The molecule has 5 nitrogen and oxygen atoms in total. The number of furan rings is 1. The van der Waals surface area contributed by atoms with Gasteiger partial charge in [0, 0.05) is 19.2 Å². The summed E-state index contributed by atoms with van der Waals surface area (Å²) >= 11 is 0. The van der Waals surface area contributed by atoms with Crippen molar-refractivity contribution >= 4 is 11.1 Å². The Bertz CT molecular complexity index is 713. The third-order valence-electron chi connectivity index (χ3n) is 5.06. The number of aryl methyl sites for hydroxylation is 1.